The fourth-order valence-corrected chi connectivity index (χ4v) is 2.30. The van der Waals surface area contributed by atoms with Crippen LogP contribution in [-0.4, -0.2) is 5.71 Å². The molecule has 0 atom stereocenters. The summed E-state index contributed by atoms with van der Waals surface area (Å²) >= 11 is 18.0. The van der Waals surface area contributed by atoms with Crippen molar-refractivity contribution in [1.82, 2.24) is 0 Å². The van der Waals surface area contributed by atoms with E-state index in [4.69, 9.17) is 45.4 Å². The number of nitrogens with zero attached hydrogens (tertiary/aromatic N) is 1. The Bertz CT molecular complexity index is 687. The Kier molecular flexibility index (Phi) is 5.34. The third kappa shape index (κ3) is 4.03. The van der Waals surface area contributed by atoms with Gasteiger partial charge in [-0.15, -0.1) is 0 Å². The Labute approximate surface area is 138 Å². The summed E-state index contributed by atoms with van der Waals surface area (Å²) < 4.78 is 0. The van der Waals surface area contributed by atoms with Gasteiger partial charge in [-0.2, -0.15) is 0 Å². The Balaban J connectivity index is 2.10. The molecule has 0 heterocycles. The topological polar surface area (TPSA) is 47.6 Å². The number of oxime groups is 1. The van der Waals surface area contributed by atoms with Gasteiger partial charge in [-0.05, 0) is 31.2 Å². The normalized spacial score (nSPS) is 11.5. The molecule has 0 amide bonds. The zero-order chi connectivity index (χ0) is 15.4. The zero-order valence-electron chi connectivity index (χ0n) is 11.2. The molecular formula is C15H13Cl3N2O. The van der Waals surface area contributed by atoms with Gasteiger partial charge in [0.2, 0.25) is 0 Å². The van der Waals surface area contributed by atoms with Crippen LogP contribution in [0.5, 0.6) is 0 Å². The Morgan fingerprint density at radius 2 is 1.95 bits per heavy atom. The van der Waals surface area contributed by atoms with E-state index in [1.807, 2.05) is 6.07 Å². The summed E-state index contributed by atoms with van der Waals surface area (Å²) in [5.41, 5.74) is 8.60. The number of benzene rings is 2. The number of hydrogen-bond acceptors (Lipinski definition) is 3. The van der Waals surface area contributed by atoms with Crippen LogP contribution in [0.3, 0.4) is 0 Å². The molecule has 0 saturated carbocycles. The molecule has 0 spiro atoms. The summed E-state index contributed by atoms with van der Waals surface area (Å²) in [5.74, 6) is 0. The average Bonchev–Trinajstić information content (AvgIpc) is 2.46. The maximum absolute atomic E-state index is 6.07. The van der Waals surface area contributed by atoms with Gasteiger partial charge in [0.1, 0.15) is 6.61 Å². The van der Waals surface area contributed by atoms with Gasteiger partial charge >= 0.3 is 0 Å². The van der Waals surface area contributed by atoms with Crippen LogP contribution < -0.4 is 5.73 Å². The van der Waals surface area contributed by atoms with Crippen LogP contribution in [0, 0.1) is 0 Å². The second-order valence-corrected chi connectivity index (χ2v) is 5.62. The van der Waals surface area contributed by atoms with Crippen LogP contribution in [-0.2, 0) is 11.4 Å². The third-order valence-corrected chi connectivity index (χ3v) is 3.95. The number of hydrogen-bond donors (Lipinski definition) is 1. The van der Waals surface area contributed by atoms with Gasteiger partial charge in [0, 0.05) is 21.8 Å². The molecule has 0 unspecified atom stereocenters. The van der Waals surface area contributed by atoms with E-state index in [1.54, 1.807) is 37.3 Å². The molecular weight excluding hydrogens is 331 g/mol. The van der Waals surface area contributed by atoms with Crippen molar-refractivity contribution < 1.29 is 4.84 Å². The van der Waals surface area contributed by atoms with E-state index in [0.29, 0.717) is 26.5 Å². The van der Waals surface area contributed by atoms with Crippen molar-refractivity contribution in [1.29, 1.82) is 0 Å². The van der Waals surface area contributed by atoms with Crippen LogP contribution in [0.15, 0.2) is 41.6 Å². The van der Waals surface area contributed by atoms with E-state index in [-0.39, 0.29) is 6.61 Å². The van der Waals surface area contributed by atoms with Gasteiger partial charge in [-0.1, -0.05) is 52.1 Å². The molecule has 0 aliphatic carbocycles. The molecule has 0 radical (unpaired) electrons. The minimum absolute atomic E-state index is 0.219. The molecule has 110 valence electrons. The van der Waals surface area contributed by atoms with Crippen LogP contribution in [0.25, 0.3) is 0 Å². The molecule has 0 aromatic heterocycles. The van der Waals surface area contributed by atoms with Gasteiger partial charge in [0.15, 0.2) is 0 Å². The molecule has 2 aromatic rings. The molecule has 21 heavy (non-hydrogen) atoms. The van der Waals surface area contributed by atoms with E-state index in [0.717, 1.165) is 11.1 Å². The molecule has 0 saturated heterocycles. The van der Waals surface area contributed by atoms with Crippen molar-refractivity contribution >= 4 is 46.2 Å². The fraction of sp³-hybridized carbons (Fsp3) is 0.133. The monoisotopic (exact) mass is 342 g/mol. The standard InChI is InChI=1S/C15H13Cl3N2O/c1-9(12-7-11(16)5-6-14(12)19)20-21-8-10-3-2-4-13(17)15(10)18/h2-7H,8,19H2,1H3/b20-9+. The maximum atomic E-state index is 6.07. The summed E-state index contributed by atoms with van der Waals surface area (Å²) in [7, 11) is 0. The van der Waals surface area contributed by atoms with E-state index < -0.39 is 0 Å². The van der Waals surface area contributed by atoms with Crippen LogP contribution in [0.4, 0.5) is 5.69 Å². The first kappa shape index (κ1) is 16.0. The first-order valence-corrected chi connectivity index (χ1v) is 7.27. The smallest absolute Gasteiger partial charge is 0.143 e. The summed E-state index contributed by atoms with van der Waals surface area (Å²) in [6, 6.07) is 10.5. The van der Waals surface area contributed by atoms with E-state index >= 15 is 0 Å². The highest BCUT2D eigenvalue weighted by Crippen LogP contribution is 2.26. The summed E-state index contributed by atoms with van der Waals surface area (Å²) in [5, 5.41) is 5.58. The molecule has 2 aromatic carbocycles. The van der Waals surface area contributed by atoms with Crippen molar-refractivity contribution in [3.8, 4) is 0 Å². The first-order valence-electron chi connectivity index (χ1n) is 6.14. The molecule has 3 nitrogen and oxygen atoms in total. The highest BCUT2D eigenvalue weighted by Gasteiger charge is 2.06. The minimum Gasteiger partial charge on any atom is -0.398 e. The number of halogens is 3. The largest absolute Gasteiger partial charge is 0.398 e. The highest BCUT2D eigenvalue weighted by atomic mass is 35.5. The SMILES string of the molecule is C/C(=N\OCc1cccc(Cl)c1Cl)c1cc(Cl)ccc1N. The predicted molar refractivity (Wildman–Crippen MR) is 89.3 cm³/mol. The molecule has 2 rings (SSSR count). The molecule has 0 fully saturated rings. The number of anilines is 1. The molecule has 0 bridgehead atoms. The first-order chi connectivity index (χ1) is 9.99. The molecule has 0 aliphatic heterocycles. The quantitative estimate of drug-likeness (QED) is 0.473. The number of nitrogens with two attached hydrogens (primary N) is 1. The van der Waals surface area contributed by atoms with Crippen molar-refractivity contribution in [2.45, 2.75) is 13.5 Å². The Morgan fingerprint density at radius 3 is 2.71 bits per heavy atom. The van der Waals surface area contributed by atoms with E-state index in [9.17, 15) is 0 Å². The van der Waals surface area contributed by atoms with Gasteiger partial charge in [-0.25, -0.2) is 0 Å². The van der Waals surface area contributed by atoms with E-state index in [1.165, 1.54) is 0 Å². The lowest BCUT2D eigenvalue weighted by Crippen LogP contribution is -2.02. The van der Waals surface area contributed by atoms with Crippen molar-refractivity contribution in [3.63, 3.8) is 0 Å². The van der Waals surface area contributed by atoms with Crippen molar-refractivity contribution in [3.05, 3.63) is 62.6 Å². The van der Waals surface area contributed by atoms with Crippen LogP contribution in [0.2, 0.25) is 15.1 Å². The lowest BCUT2D eigenvalue weighted by Gasteiger charge is -2.07. The Hall–Kier alpha value is -1.42. The van der Waals surface area contributed by atoms with Gasteiger partial charge < -0.3 is 10.6 Å². The Morgan fingerprint density at radius 1 is 1.19 bits per heavy atom. The summed E-state index contributed by atoms with van der Waals surface area (Å²) in [4.78, 5) is 5.31. The second kappa shape index (κ2) is 7.03. The van der Waals surface area contributed by atoms with Crippen LogP contribution in [0.1, 0.15) is 18.1 Å². The van der Waals surface area contributed by atoms with E-state index in [2.05, 4.69) is 5.16 Å². The summed E-state index contributed by atoms with van der Waals surface area (Å²) in [6.45, 7) is 2.01. The van der Waals surface area contributed by atoms with Crippen molar-refractivity contribution in [2.24, 2.45) is 5.16 Å². The molecule has 2 N–H and O–H groups in total. The fourth-order valence-electron chi connectivity index (χ4n) is 1.75. The van der Waals surface area contributed by atoms with Gasteiger partial charge in [-0.3, -0.25) is 0 Å². The summed E-state index contributed by atoms with van der Waals surface area (Å²) in [6.07, 6.45) is 0. The number of nitrogen functional groups attached to an aromatic ring is 1. The lowest BCUT2D eigenvalue weighted by atomic mass is 10.1. The zero-order valence-corrected chi connectivity index (χ0v) is 13.5. The van der Waals surface area contributed by atoms with Crippen molar-refractivity contribution in [2.75, 3.05) is 5.73 Å². The lowest BCUT2D eigenvalue weighted by molar-refractivity contribution is 0.130. The van der Waals surface area contributed by atoms with Crippen LogP contribution >= 0.6 is 34.8 Å². The van der Waals surface area contributed by atoms with Gasteiger partial charge in [0.25, 0.3) is 0 Å². The average molecular weight is 344 g/mol. The van der Waals surface area contributed by atoms with Gasteiger partial charge in [0.05, 0.1) is 15.8 Å². The predicted octanol–water partition coefficient (Wildman–Crippen LogP) is 5.17. The number of rotatable bonds is 4. The molecule has 6 heteroatoms. The third-order valence-electron chi connectivity index (χ3n) is 2.86. The minimum atomic E-state index is 0.219. The molecule has 0 aliphatic rings. The highest BCUT2D eigenvalue weighted by molar-refractivity contribution is 6.42. The maximum Gasteiger partial charge on any atom is 0.143 e. The second-order valence-electron chi connectivity index (χ2n) is 4.39.